The largest absolute Gasteiger partial charge is 0.413 e. The summed E-state index contributed by atoms with van der Waals surface area (Å²) in [6.07, 6.45) is 4.90. The molecule has 0 bridgehead atoms. The van der Waals surface area contributed by atoms with E-state index < -0.39 is 6.09 Å². The van der Waals surface area contributed by atoms with Gasteiger partial charge in [0.05, 0.1) is 12.2 Å². The average molecular weight is 223 g/mol. The van der Waals surface area contributed by atoms with Gasteiger partial charge in [-0.3, -0.25) is 4.68 Å². The number of nitrogens with one attached hydrogen (secondary N) is 1. The Labute approximate surface area is 94.8 Å². The molecule has 1 aromatic heterocycles. The molecule has 0 fully saturated rings. The highest BCUT2D eigenvalue weighted by Crippen LogP contribution is 2.27. The lowest BCUT2D eigenvalue weighted by molar-refractivity contribution is 0.189. The zero-order chi connectivity index (χ0) is 11.5. The zero-order valence-corrected chi connectivity index (χ0v) is 9.69. The third-order valence-corrected chi connectivity index (χ3v) is 2.69. The first-order valence-corrected chi connectivity index (χ1v) is 5.76. The summed E-state index contributed by atoms with van der Waals surface area (Å²) in [5.74, 6) is 0.591. The van der Waals surface area contributed by atoms with Crippen molar-refractivity contribution in [3.63, 3.8) is 0 Å². The van der Waals surface area contributed by atoms with Gasteiger partial charge in [0.1, 0.15) is 5.69 Å². The van der Waals surface area contributed by atoms with E-state index in [2.05, 4.69) is 17.3 Å². The van der Waals surface area contributed by atoms with Gasteiger partial charge >= 0.3 is 6.09 Å². The predicted molar refractivity (Wildman–Crippen MR) is 59.3 cm³/mol. The van der Waals surface area contributed by atoms with E-state index in [1.807, 2.05) is 11.6 Å². The van der Waals surface area contributed by atoms with Crippen molar-refractivity contribution in [3.05, 3.63) is 11.9 Å². The maximum atomic E-state index is 11.1. The number of hydrogen-bond acceptors (Lipinski definition) is 3. The first kappa shape index (κ1) is 11.0. The molecule has 5 nitrogen and oxygen atoms in total. The van der Waals surface area contributed by atoms with Crippen LogP contribution in [0.3, 0.4) is 0 Å². The van der Waals surface area contributed by atoms with Crippen molar-refractivity contribution in [1.82, 2.24) is 15.1 Å². The molecule has 16 heavy (non-hydrogen) atoms. The lowest BCUT2D eigenvalue weighted by Crippen LogP contribution is -2.34. The molecular weight excluding hydrogens is 206 g/mol. The molecule has 88 valence electrons. The van der Waals surface area contributed by atoms with Gasteiger partial charge in [-0.05, 0) is 13.3 Å². The molecule has 1 unspecified atom stereocenters. The molecule has 1 aliphatic heterocycles. The number of nitrogens with zero attached hydrogens (tertiary/aromatic N) is 2. The molecule has 1 aromatic rings. The van der Waals surface area contributed by atoms with Crippen LogP contribution >= 0.6 is 0 Å². The third kappa shape index (κ3) is 2.18. The van der Waals surface area contributed by atoms with Gasteiger partial charge in [-0.15, -0.1) is 0 Å². The fourth-order valence-electron chi connectivity index (χ4n) is 1.81. The maximum Gasteiger partial charge on any atom is 0.413 e. The predicted octanol–water partition coefficient (Wildman–Crippen LogP) is 2.24. The van der Waals surface area contributed by atoms with E-state index in [0.29, 0.717) is 5.75 Å². The minimum atomic E-state index is -0.395. The average Bonchev–Trinajstić information content (AvgIpc) is 2.61. The smallest absolute Gasteiger partial charge is 0.407 e. The van der Waals surface area contributed by atoms with Gasteiger partial charge in [0.25, 0.3) is 0 Å². The number of carbonyl (C=O) groups excluding carboxylic acids is 1. The second kappa shape index (κ2) is 4.55. The summed E-state index contributed by atoms with van der Waals surface area (Å²) in [6, 6.07) is -0.0660. The molecule has 5 heteroatoms. The van der Waals surface area contributed by atoms with Crippen molar-refractivity contribution < 1.29 is 9.53 Å². The molecule has 1 atom stereocenters. The highest BCUT2D eigenvalue weighted by Gasteiger charge is 2.26. The quantitative estimate of drug-likeness (QED) is 0.796. The van der Waals surface area contributed by atoms with Crippen molar-refractivity contribution in [2.45, 2.75) is 45.7 Å². The normalized spacial score (nSPS) is 18.9. The van der Waals surface area contributed by atoms with Crippen LogP contribution in [0.25, 0.3) is 0 Å². The summed E-state index contributed by atoms with van der Waals surface area (Å²) in [4.78, 5) is 11.1. The Kier molecular flexibility index (Phi) is 3.12. The molecule has 0 aliphatic carbocycles. The Morgan fingerprint density at radius 2 is 2.38 bits per heavy atom. The third-order valence-electron chi connectivity index (χ3n) is 2.69. The minimum Gasteiger partial charge on any atom is -0.407 e. The number of amides is 1. The van der Waals surface area contributed by atoms with Crippen LogP contribution in [-0.4, -0.2) is 15.9 Å². The summed E-state index contributed by atoms with van der Waals surface area (Å²) in [5.41, 5.74) is 0.816. The number of carbonyl (C=O) groups is 1. The molecule has 0 saturated heterocycles. The lowest BCUT2D eigenvalue weighted by atomic mass is 10.2. The molecule has 0 saturated carbocycles. The summed E-state index contributed by atoms with van der Waals surface area (Å²) in [7, 11) is 0. The Morgan fingerprint density at radius 3 is 3.12 bits per heavy atom. The molecule has 2 heterocycles. The van der Waals surface area contributed by atoms with E-state index in [4.69, 9.17) is 4.74 Å². The van der Waals surface area contributed by atoms with E-state index >= 15 is 0 Å². The molecule has 1 N–H and O–H groups in total. The second-order valence-electron chi connectivity index (χ2n) is 4.10. The Balaban J connectivity index is 2.07. The van der Waals surface area contributed by atoms with Gasteiger partial charge in [-0.1, -0.05) is 19.8 Å². The number of aromatic nitrogens is 2. The fourth-order valence-corrected chi connectivity index (χ4v) is 1.81. The summed E-state index contributed by atoms with van der Waals surface area (Å²) in [5, 5.41) is 7.09. The van der Waals surface area contributed by atoms with Crippen molar-refractivity contribution in [3.8, 4) is 5.75 Å². The molecule has 1 amide bonds. The standard InChI is InChI=1S/C11H17N3O2/c1-3-4-5-6-14-7-9-10(13-14)8(2)12-11(15)16-9/h7-8H,3-6H2,1-2H3,(H,12,15). The van der Waals surface area contributed by atoms with Crippen molar-refractivity contribution in [2.24, 2.45) is 0 Å². The molecule has 1 aliphatic rings. The van der Waals surface area contributed by atoms with Crippen LogP contribution in [0.5, 0.6) is 5.75 Å². The topological polar surface area (TPSA) is 56.2 Å². The Hall–Kier alpha value is -1.52. The van der Waals surface area contributed by atoms with Gasteiger partial charge in [0, 0.05) is 6.54 Å². The van der Waals surface area contributed by atoms with Crippen molar-refractivity contribution in [2.75, 3.05) is 0 Å². The van der Waals surface area contributed by atoms with E-state index in [-0.39, 0.29) is 6.04 Å². The van der Waals surface area contributed by atoms with Crippen LogP contribution in [0.15, 0.2) is 6.20 Å². The van der Waals surface area contributed by atoms with E-state index in [9.17, 15) is 4.79 Å². The number of ether oxygens (including phenoxy) is 1. The Morgan fingerprint density at radius 1 is 1.56 bits per heavy atom. The van der Waals surface area contributed by atoms with Gasteiger partial charge in [-0.2, -0.15) is 5.10 Å². The fraction of sp³-hybridized carbons (Fsp3) is 0.636. The number of unbranched alkanes of at least 4 members (excludes halogenated alkanes) is 2. The van der Waals surface area contributed by atoms with Gasteiger partial charge < -0.3 is 10.1 Å². The van der Waals surface area contributed by atoms with E-state index in [1.54, 1.807) is 6.20 Å². The van der Waals surface area contributed by atoms with Crippen molar-refractivity contribution >= 4 is 6.09 Å². The number of hydrogen-bond donors (Lipinski definition) is 1. The van der Waals surface area contributed by atoms with E-state index in [1.165, 1.54) is 12.8 Å². The minimum absolute atomic E-state index is 0.0660. The monoisotopic (exact) mass is 223 g/mol. The molecular formula is C11H17N3O2. The molecule has 0 aromatic carbocycles. The van der Waals surface area contributed by atoms with Crippen LogP contribution in [0.2, 0.25) is 0 Å². The summed E-state index contributed by atoms with van der Waals surface area (Å²) >= 11 is 0. The van der Waals surface area contributed by atoms with Crippen molar-refractivity contribution in [1.29, 1.82) is 0 Å². The molecule has 2 rings (SSSR count). The number of aryl methyl sites for hydroxylation is 1. The highest BCUT2D eigenvalue weighted by atomic mass is 16.6. The zero-order valence-electron chi connectivity index (χ0n) is 9.69. The van der Waals surface area contributed by atoms with Crippen LogP contribution in [0.4, 0.5) is 4.79 Å². The highest BCUT2D eigenvalue weighted by molar-refractivity contribution is 5.73. The van der Waals surface area contributed by atoms with Crippen LogP contribution in [0, 0.1) is 0 Å². The van der Waals surface area contributed by atoms with Crippen LogP contribution < -0.4 is 10.1 Å². The van der Waals surface area contributed by atoms with E-state index in [0.717, 1.165) is 18.7 Å². The first-order valence-electron chi connectivity index (χ1n) is 5.76. The maximum absolute atomic E-state index is 11.1. The number of fused-ring (bicyclic) bond motifs is 1. The van der Waals surface area contributed by atoms with Crippen LogP contribution in [-0.2, 0) is 6.54 Å². The molecule has 0 spiro atoms. The van der Waals surface area contributed by atoms with Gasteiger partial charge in [0.15, 0.2) is 5.75 Å². The first-order chi connectivity index (χ1) is 7.70. The lowest BCUT2D eigenvalue weighted by Gasteiger charge is -2.17. The summed E-state index contributed by atoms with van der Waals surface area (Å²) < 4.78 is 6.91. The Bertz CT molecular complexity index is 387. The SMILES string of the molecule is CCCCCn1cc2c(n1)C(C)NC(=O)O2. The second-order valence-corrected chi connectivity index (χ2v) is 4.10. The van der Waals surface area contributed by atoms with Gasteiger partial charge in [0.2, 0.25) is 0 Å². The summed E-state index contributed by atoms with van der Waals surface area (Å²) in [6.45, 7) is 4.95. The molecule has 0 radical (unpaired) electrons. The number of rotatable bonds is 4. The van der Waals surface area contributed by atoms with Gasteiger partial charge in [-0.25, -0.2) is 4.79 Å². The van der Waals surface area contributed by atoms with Crippen LogP contribution in [0.1, 0.15) is 44.8 Å².